The molecular weight excluding hydrogens is 467 g/mol. The van der Waals surface area contributed by atoms with Crippen LogP contribution in [0.1, 0.15) is 18.1 Å². The molecule has 2 aromatic carbocycles. The van der Waals surface area contributed by atoms with Gasteiger partial charge in [0.2, 0.25) is 0 Å². The molecule has 0 aliphatic heterocycles. The molecule has 0 aromatic heterocycles. The molecule has 0 heterocycles. The second-order valence-electron chi connectivity index (χ2n) is 6.01. The summed E-state index contributed by atoms with van der Waals surface area (Å²) >= 11 is 0. The van der Waals surface area contributed by atoms with Crippen LogP contribution in [0, 0.1) is 0 Å². The first-order valence-electron chi connectivity index (χ1n) is 9.22. The lowest BCUT2D eigenvalue weighted by molar-refractivity contribution is 0.211. The topological polar surface area (TPSA) is 66.9 Å². The van der Waals surface area contributed by atoms with Crippen molar-refractivity contribution in [3.63, 3.8) is 0 Å². The molecule has 0 bridgehead atoms. The van der Waals surface area contributed by atoms with Crippen LogP contribution in [0.15, 0.2) is 53.5 Å². The van der Waals surface area contributed by atoms with Gasteiger partial charge in [-0.05, 0) is 42.3 Å². The average molecular weight is 498 g/mol. The molecule has 3 N–H and O–H groups in total. The molecule has 0 aliphatic carbocycles. The van der Waals surface area contributed by atoms with Crippen molar-refractivity contribution in [2.75, 3.05) is 39.2 Å². The van der Waals surface area contributed by atoms with E-state index >= 15 is 0 Å². The number of methoxy groups -OCH3 is 2. The summed E-state index contributed by atoms with van der Waals surface area (Å²) in [7, 11) is 3.37. The Morgan fingerprint density at radius 1 is 0.929 bits per heavy atom. The number of anilines is 1. The Kier molecular flexibility index (Phi) is 12.1. The molecule has 154 valence electrons. The van der Waals surface area contributed by atoms with Gasteiger partial charge in [-0.2, -0.15) is 0 Å². The van der Waals surface area contributed by atoms with E-state index in [0.717, 1.165) is 36.0 Å². The van der Waals surface area contributed by atoms with Crippen LogP contribution in [0.25, 0.3) is 0 Å². The summed E-state index contributed by atoms with van der Waals surface area (Å²) < 4.78 is 10.2. The molecule has 28 heavy (non-hydrogen) atoms. The summed E-state index contributed by atoms with van der Waals surface area (Å²) in [4.78, 5) is 4.65. The Morgan fingerprint density at radius 2 is 1.61 bits per heavy atom. The van der Waals surface area contributed by atoms with Gasteiger partial charge in [-0.15, -0.1) is 24.0 Å². The number of nitrogens with zero attached hydrogens (tertiary/aromatic N) is 1. The van der Waals surface area contributed by atoms with E-state index in [1.165, 1.54) is 5.56 Å². The first-order chi connectivity index (χ1) is 13.2. The third-order valence-corrected chi connectivity index (χ3v) is 3.97. The summed E-state index contributed by atoms with van der Waals surface area (Å²) in [5.41, 5.74) is 3.43. The first-order valence-corrected chi connectivity index (χ1v) is 9.22. The maximum absolute atomic E-state index is 5.19. The largest absolute Gasteiger partial charge is 0.497 e. The maximum Gasteiger partial charge on any atom is 0.191 e. The zero-order valence-corrected chi connectivity index (χ0v) is 19.2. The number of aliphatic imine (C=N–C) groups is 1. The van der Waals surface area contributed by atoms with Gasteiger partial charge in [-0.25, -0.2) is 4.99 Å². The Balaban J connectivity index is 0.00000392. The number of benzene rings is 2. The quantitative estimate of drug-likeness (QED) is 0.202. The Labute approximate surface area is 185 Å². The highest BCUT2D eigenvalue weighted by atomic mass is 127. The second-order valence-corrected chi connectivity index (χ2v) is 6.01. The Bertz CT molecular complexity index is 691. The van der Waals surface area contributed by atoms with Crippen molar-refractivity contribution >= 4 is 35.6 Å². The van der Waals surface area contributed by atoms with E-state index in [-0.39, 0.29) is 24.0 Å². The summed E-state index contributed by atoms with van der Waals surface area (Å²) in [5, 5.41) is 9.97. The highest BCUT2D eigenvalue weighted by molar-refractivity contribution is 14.0. The van der Waals surface area contributed by atoms with Crippen molar-refractivity contribution in [3.05, 3.63) is 59.7 Å². The summed E-state index contributed by atoms with van der Waals surface area (Å²) in [6.07, 6.45) is 0. The standard InChI is InChI=1S/C21H30N4O2.HI/c1-4-22-21(25-16-18-7-11-20(27-3)12-8-18)24-15-17-5-9-19(10-6-17)23-13-14-26-2;/h5-12,23H,4,13-16H2,1-3H3,(H2,22,24,25);1H. The van der Waals surface area contributed by atoms with Crippen molar-refractivity contribution in [1.29, 1.82) is 0 Å². The first kappa shape index (κ1) is 24.0. The summed E-state index contributed by atoms with van der Waals surface area (Å²) in [6, 6.07) is 16.3. The van der Waals surface area contributed by atoms with Crippen LogP contribution in [-0.2, 0) is 17.8 Å². The molecule has 0 aliphatic rings. The molecule has 0 amide bonds. The number of nitrogens with one attached hydrogen (secondary N) is 3. The van der Waals surface area contributed by atoms with Crippen molar-refractivity contribution in [3.8, 4) is 5.75 Å². The predicted octanol–water partition coefficient (Wildman–Crippen LogP) is 3.63. The van der Waals surface area contributed by atoms with Gasteiger partial charge in [-0.1, -0.05) is 24.3 Å². The molecule has 0 radical (unpaired) electrons. The number of halogens is 1. The van der Waals surface area contributed by atoms with E-state index in [2.05, 4.69) is 52.1 Å². The summed E-state index contributed by atoms with van der Waals surface area (Å²) in [6.45, 7) is 5.70. The predicted molar refractivity (Wildman–Crippen MR) is 127 cm³/mol. The van der Waals surface area contributed by atoms with Gasteiger partial charge in [0, 0.05) is 32.4 Å². The van der Waals surface area contributed by atoms with Crippen LogP contribution in [0.3, 0.4) is 0 Å². The molecule has 0 atom stereocenters. The van der Waals surface area contributed by atoms with Gasteiger partial charge in [0.25, 0.3) is 0 Å². The van der Waals surface area contributed by atoms with E-state index in [4.69, 9.17) is 9.47 Å². The van der Waals surface area contributed by atoms with Gasteiger partial charge < -0.3 is 25.4 Å². The number of ether oxygens (including phenoxy) is 2. The SMILES string of the molecule is CCNC(=NCc1ccc(OC)cc1)NCc1ccc(NCCOC)cc1.I. The molecule has 2 rings (SSSR count). The zero-order chi connectivity index (χ0) is 19.3. The van der Waals surface area contributed by atoms with Crippen molar-refractivity contribution in [1.82, 2.24) is 10.6 Å². The van der Waals surface area contributed by atoms with E-state index in [1.54, 1.807) is 14.2 Å². The third-order valence-electron chi connectivity index (χ3n) is 3.97. The van der Waals surface area contributed by atoms with Crippen LogP contribution >= 0.6 is 24.0 Å². The molecule has 0 spiro atoms. The van der Waals surface area contributed by atoms with Crippen molar-refractivity contribution in [2.45, 2.75) is 20.0 Å². The van der Waals surface area contributed by atoms with Gasteiger partial charge in [0.05, 0.1) is 20.3 Å². The lowest BCUT2D eigenvalue weighted by atomic mass is 10.2. The maximum atomic E-state index is 5.19. The smallest absolute Gasteiger partial charge is 0.191 e. The fourth-order valence-electron chi connectivity index (χ4n) is 2.47. The van der Waals surface area contributed by atoms with E-state index in [0.29, 0.717) is 19.7 Å². The van der Waals surface area contributed by atoms with Gasteiger partial charge in [0.15, 0.2) is 5.96 Å². The molecule has 0 saturated heterocycles. The minimum absolute atomic E-state index is 0. The van der Waals surface area contributed by atoms with Gasteiger partial charge in [0.1, 0.15) is 5.75 Å². The van der Waals surface area contributed by atoms with Gasteiger partial charge in [-0.3, -0.25) is 0 Å². The molecule has 0 fully saturated rings. The zero-order valence-electron chi connectivity index (χ0n) is 16.8. The van der Waals surface area contributed by atoms with Crippen LogP contribution < -0.4 is 20.7 Å². The molecule has 0 saturated carbocycles. The van der Waals surface area contributed by atoms with Crippen LogP contribution in [0.4, 0.5) is 5.69 Å². The molecule has 0 unspecified atom stereocenters. The van der Waals surface area contributed by atoms with Crippen LogP contribution in [0.5, 0.6) is 5.75 Å². The fourth-order valence-corrected chi connectivity index (χ4v) is 2.47. The highest BCUT2D eigenvalue weighted by Crippen LogP contribution is 2.12. The van der Waals surface area contributed by atoms with E-state index < -0.39 is 0 Å². The molecule has 6 nitrogen and oxygen atoms in total. The van der Waals surface area contributed by atoms with Crippen LogP contribution in [0.2, 0.25) is 0 Å². The van der Waals surface area contributed by atoms with E-state index in [1.807, 2.05) is 24.3 Å². The summed E-state index contributed by atoms with van der Waals surface area (Å²) in [5.74, 6) is 1.66. The minimum Gasteiger partial charge on any atom is -0.497 e. The van der Waals surface area contributed by atoms with Gasteiger partial charge >= 0.3 is 0 Å². The lowest BCUT2D eigenvalue weighted by Crippen LogP contribution is -2.36. The van der Waals surface area contributed by atoms with Crippen molar-refractivity contribution in [2.24, 2.45) is 4.99 Å². The van der Waals surface area contributed by atoms with Crippen molar-refractivity contribution < 1.29 is 9.47 Å². The number of hydrogen-bond donors (Lipinski definition) is 3. The average Bonchev–Trinajstić information content (AvgIpc) is 2.71. The number of guanidine groups is 1. The molecular formula is C21H31IN4O2. The third kappa shape index (κ3) is 8.79. The Morgan fingerprint density at radius 3 is 2.21 bits per heavy atom. The number of rotatable bonds is 10. The normalized spacial score (nSPS) is 10.8. The molecule has 2 aromatic rings. The monoisotopic (exact) mass is 498 g/mol. The van der Waals surface area contributed by atoms with E-state index in [9.17, 15) is 0 Å². The highest BCUT2D eigenvalue weighted by Gasteiger charge is 2.00. The fraction of sp³-hybridized carbons (Fsp3) is 0.381. The number of hydrogen-bond acceptors (Lipinski definition) is 4. The lowest BCUT2D eigenvalue weighted by Gasteiger charge is -2.12. The Hall–Kier alpha value is -2.00. The molecule has 7 heteroatoms. The second kappa shape index (κ2) is 14.1. The minimum atomic E-state index is 0. The van der Waals surface area contributed by atoms with Crippen LogP contribution in [-0.4, -0.2) is 39.9 Å².